The molecule has 2 aliphatic rings. The molecule has 2 fully saturated rings. The topological polar surface area (TPSA) is 24.5 Å². The summed E-state index contributed by atoms with van der Waals surface area (Å²) in [5, 5.41) is 3.70. The lowest BCUT2D eigenvalue weighted by Crippen LogP contribution is -2.51. The van der Waals surface area contributed by atoms with Crippen LogP contribution in [0.15, 0.2) is 0 Å². The molecule has 3 nitrogen and oxygen atoms in total. The van der Waals surface area contributed by atoms with Crippen LogP contribution in [0.4, 0.5) is 0 Å². The maximum atomic E-state index is 6.40. The zero-order valence-corrected chi connectivity index (χ0v) is 14.3. The highest BCUT2D eigenvalue weighted by Crippen LogP contribution is 2.43. The molecule has 118 valence electrons. The van der Waals surface area contributed by atoms with Crippen molar-refractivity contribution in [2.24, 2.45) is 5.92 Å². The monoisotopic (exact) mass is 282 g/mol. The van der Waals surface area contributed by atoms with Crippen LogP contribution >= 0.6 is 0 Å². The standard InChI is InChI=1S/C17H34N2O/c1-7-13-10-9-11-19(13)12-14-15(18-8-2)17(5,6)20-16(14,3)4/h13-15,18H,7-12H2,1-6H3. The van der Waals surface area contributed by atoms with Gasteiger partial charge in [-0.05, 0) is 60.0 Å². The maximum Gasteiger partial charge on any atom is 0.0790 e. The number of rotatable bonds is 5. The van der Waals surface area contributed by atoms with E-state index >= 15 is 0 Å². The summed E-state index contributed by atoms with van der Waals surface area (Å²) in [5.41, 5.74) is -0.122. The fourth-order valence-electron chi connectivity index (χ4n) is 4.49. The minimum absolute atomic E-state index is 0.0444. The third-order valence-corrected chi connectivity index (χ3v) is 5.40. The van der Waals surface area contributed by atoms with Crippen molar-refractivity contribution < 1.29 is 4.74 Å². The van der Waals surface area contributed by atoms with Crippen LogP contribution in [0.2, 0.25) is 0 Å². The van der Waals surface area contributed by atoms with Crippen LogP contribution in [0.1, 0.15) is 60.8 Å². The van der Waals surface area contributed by atoms with E-state index in [0.29, 0.717) is 12.0 Å². The molecular weight excluding hydrogens is 248 g/mol. The Kier molecular flexibility index (Phi) is 4.83. The SMILES string of the molecule is CCNC1C(CN2CCCC2CC)C(C)(C)OC1(C)C. The van der Waals surface area contributed by atoms with E-state index < -0.39 is 0 Å². The highest BCUT2D eigenvalue weighted by molar-refractivity contribution is 5.06. The Bertz CT molecular complexity index is 327. The lowest BCUT2D eigenvalue weighted by atomic mass is 9.82. The molecule has 0 saturated carbocycles. The molecule has 20 heavy (non-hydrogen) atoms. The van der Waals surface area contributed by atoms with Crippen molar-refractivity contribution in [2.75, 3.05) is 19.6 Å². The molecule has 3 heteroatoms. The predicted octanol–water partition coefficient (Wildman–Crippen LogP) is 3.04. The van der Waals surface area contributed by atoms with Crippen molar-refractivity contribution >= 4 is 0 Å². The normalized spacial score (nSPS) is 36.6. The fourth-order valence-corrected chi connectivity index (χ4v) is 4.49. The number of nitrogens with zero attached hydrogens (tertiary/aromatic N) is 1. The van der Waals surface area contributed by atoms with E-state index in [9.17, 15) is 0 Å². The van der Waals surface area contributed by atoms with Gasteiger partial charge in [0.1, 0.15) is 0 Å². The maximum absolute atomic E-state index is 6.40. The van der Waals surface area contributed by atoms with Gasteiger partial charge in [0.25, 0.3) is 0 Å². The number of hydrogen-bond acceptors (Lipinski definition) is 3. The van der Waals surface area contributed by atoms with Crippen molar-refractivity contribution in [1.29, 1.82) is 0 Å². The first-order valence-corrected chi connectivity index (χ1v) is 8.49. The fraction of sp³-hybridized carbons (Fsp3) is 1.00. The second kappa shape index (κ2) is 5.94. The van der Waals surface area contributed by atoms with E-state index in [4.69, 9.17) is 4.74 Å². The summed E-state index contributed by atoms with van der Waals surface area (Å²) >= 11 is 0. The van der Waals surface area contributed by atoms with Gasteiger partial charge in [0.15, 0.2) is 0 Å². The molecule has 2 rings (SSSR count). The Morgan fingerprint density at radius 3 is 2.45 bits per heavy atom. The predicted molar refractivity (Wildman–Crippen MR) is 85.1 cm³/mol. The second-order valence-corrected chi connectivity index (χ2v) is 7.65. The minimum Gasteiger partial charge on any atom is -0.368 e. The first-order valence-electron chi connectivity index (χ1n) is 8.49. The van der Waals surface area contributed by atoms with Crippen molar-refractivity contribution in [3.8, 4) is 0 Å². The van der Waals surface area contributed by atoms with E-state index in [1.165, 1.54) is 32.4 Å². The summed E-state index contributed by atoms with van der Waals surface area (Å²) in [4.78, 5) is 2.71. The van der Waals surface area contributed by atoms with Gasteiger partial charge in [0.05, 0.1) is 11.2 Å². The average molecular weight is 282 g/mol. The number of ether oxygens (including phenoxy) is 1. The van der Waals surface area contributed by atoms with Gasteiger partial charge in [-0.15, -0.1) is 0 Å². The molecule has 0 spiro atoms. The molecule has 0 bridgehead atoms. The van der Waals surface area contributed by atoms with Gasteiger partial charge in [-0.25, -0.2) is 0 Å². The molecule has 2 saturated heterocycles. The van der Waals surface area contributed by atoms with Crippen molar-refractivity contribution in [2.45, 2.75) is 84.1 Å². The highest BCUT2D eigenvalue weighted by Gasteiger charge is 2.54. The largest absolute Gasteiger partial charge is 0.368 e. The van der Waals surface area contributed by atoms with Gasteiger partial charge in [0, 0.05) is 24.5 Å². The number of hydrogen-bond donors (Lipinski definition) is 1. The zero-order chi connectivity index (χ0) is 15.0. The Hall–Kier alpha value is -0.120. The van der Waals surface area contributed by atoms with Crippen molar-refractivity contribution in [1.82, 2.24) is 10.2 Å². The van der Waals surface area contributed by atoms with E-state index in [0.717, 1.165) is 12.6 Å². The Labute approximate surface area is 125 Å². The van der Waals surface area contributed by atoms with Crippen molar-refractivity contribution in [3.05, 3.63) is 0 Å². The second-order valence-electron chi connectivity index (χ2n) is 7.65. The highest BCUT2D eigenvalue weighted by atomic mass is 16.5. The smallest absolute Gasteiger partial charge is 0.0790 e. The zero-order valence-electron chi connectivity index (χ0n) is 14.3. The molecule has 0 aromatic rings. The molecular formula is C17H34N2O. The van der Waals surface area contributed by atoms with Crippen molar-refractivity contribution in [3.63, 3.8) is 0 Å². The van der Waals surface area contributed by atoms with Gasteiger partial charge in [0.2, 0.25) is 0 Å². The van der Waals surface area contributed by atoms with E-state index in [1.807, 2.05) is 0 Å². The van der Waals surface area contributed by atoms with E-state index in [-0.39, 0.29) is 11.2 Å². The lowest BCUT2D eigenvalue weighted by molar-refractivity contribution is -0.0798. The lowest BCUT2D eigenvalue weighted by Gasteiger charge is -2.35. The van der Waals surface area contributed by atoms with Crippen LogP contribution < -0.4 is 5.32 Å². The molecule has 3 atom stereocenters. The van der Waals surface area contributed by atoms with Gasteiger partial charge >= 0.3 is 0 Å². The number of likely N-dealkylation sites (N-methyl/N-ethyl adjacent to an activating group) is 1. The summed E-state index contributed by atoms with van der Waals surface area (Å²) in [5.74, 6) is 0.560. The Morgan fingerprint density at radius 1 is 1.15 bits per heavy atom. The molecule has 0 aromatic carbocycles. The Morgan fingerprint density at radius 2 is 1.85 bits per heavy atom. The molecule has 0 radical (unpaired) electrons. The Balaban J connectivity index is 2.13. The van der Waals surface area contributed by atoms with E-state index in [1.54, 1.807) is 0 Å². The summed E-state index contributed by atoms with van der Waals surface area (Å²) in [6.07, 6.45) is 4.02. The van der Waals surface area contributed by atoms with Crippen LogP contribution in [0, 0.1) is 5.92 Å². The molecule has 1 N–H and O–H groups in total. The van der Waals surface area contributed by atoms with Gasteiger partial charge in [-0.2, -0.15) is 0 Å². The molecule has 2 aliphatic heterocycles. The van der Waals surface area contributed by atoms with E-state index in [2.05, 4.69) is 51.8 Å². The van der Waals surface area contributed by atoms with Crippen LogP contribution in [-0.4, -0.2) is 47.8 Å². The molecule has 0 aromatic heterocycles. The summed E-state index contributed by atoms with van der Waals surface area (Å²) < 4.78 is 6.40. The molecule has 0 aliphatic carbocycles. The molecule has 3 unspecified atom stereocenters. The van der Waals surface area contributed by atoms with Gasteiger partial charge < -0.3 is 10.1 Å². The van der Waals surface area contributed by atoms with Crippen LogP contribution in [0.5, 0.6) is 0 Å². The third-order valence-electron chi connectivity index (χ3n) is 5.40. The average Bonchev–Trinajstić information content (AvgIpc) is 2.84. The quantitative estimate of drug-likeness (QED) is 0.839. The number of nitrogens with one attached hydrogen (secondary N) is 1. The third kappa shape index (κ3) is 3.05. The summed E-state index contributed by atoms with van der Waals surface area (Å²) in [6.45, 7) is 17.0. The molecule has 0 amide bonds. The number of likely N-dealkylation sites (tertiary alicyclic amines) is 1. The first kappa shape index (κ1) is 16.3. The first-order chi connectivity index (χ1) is 9.31. The summed E-state index contributed by atoms with van der Waals surface area (Å²) in [6, 6.07) is 1.23. The van der Waals surface area contributed by atoms with Crippen LogP contribution in [-0.2, 0) is 4.74 Å². The summed E-state index contributed by atoms with van der Waals surface area (Å²) in [7, 11) is 0. The van der Waals surface area contributed by atoms with Gasteiger partial charge in [-0.1, -0.05) is 13.8 Å². The minimum atomic E-state index is -0.0778. The molecule has 2 heterocycles. The van der Waals surface area contributed by atoms with Crippen LogP contribution in [0.3, 0.4) is 0 Å². The van der Waals surface area contributed by atoms with Gasteiger partial charge in [-0.3, -0.25) is 4.90 Å². The van der Waals surface area contributed by atoms with Crippen LogP contribution in [0.25, 0.3) is 0 Å².